The molecule has 0 saturated heterocycles. The Balaban J connectivity index is 2.36. The van der Waals surface area contributed by atoms with Crippen LogP contribution in [0, 0.1) is 0 Å². The van der Waals surface area contributed by atoms with E-state index in [2.05, 4.69) is 24.5 Å². The highest BCUT2D eigenvalue weighted by molar-refractivity contribution is 5.68. The van der Waals surface area contributed by atoms with E-state index in [1.54, 1.807) is 0 Å². The van der Waals surface area contributed by atoms with Gasteiger partial charge in [0.15, 0.2) is 0 Å². The summed E-state index contributed by atoms with van der Waals surface area (Å²) in [6.07, 6.45) is 4.11. The Morgan fingerprint density at radius 2 is 1.83 bits per heavy atom. The van der Waals surface area contributed by atoms with Crippen molar-refractivity contribution in [1.29, 1.82) is 0 Å². The van der Waals surface area contributed by atoms with Crippen LogP contribution in [0.3, 0.4) is 0 Å². The van der Waals surface area contributed by atoms with Gasteiger partial charge < -0.3 is 15.4 Å². The number of hydrogen-bond donors (Lipinski definition) is 2. The molecule has 106 valence electrons. The second kappa shape index (κ2) is 6.41. The van der Waals surface area contributed by atoms with Gasteiger partial charge in [0, 0.05) is 18.1 Å². The fraction of sp³-hybridized carbons (Fsp3) is 0.929. The average molecular weight is 256 g/mol. The second-order valence-electron chi connectivity index (χ2n) is 6.53. The molecule has 1 rings (SSSR count). The topological polar surface area (TPSA) is 50.4 Å². The third-order valence-electron chi connectivity index (χ3n) is 2.96. The Morgan fingerprint density at radius 3 is 2.39 bits per heavy atom. The number of ether oxygens (including phenoxy) is 1. The maximum absolute atomic E-state index is 11.7. The Hall–Kier alpha value is -0.770. The summed E-state index contributed by atoms with van der Waals surface area (Å²) in [7, 11) is 0. The summed E-state index contributed by atoms with van der Waals surface area (Å²) in [6.45, 7) is 9.97. The van der Waals surface area contributed by atoms with Gasteiger partial charge >= 0.3 is 6.09 Å². The molecule has 2 N–H and O–H groups in total. The molecule has 2 unspecified atom stereocenters. The number of nitrogens with one attached hydrogen (secondary N) is 2. The molecule has 1 amide bonds. The molecule has 4 heteroatoms. The van der Waals surface area contributed by atoms with E-state index < -0.39 is 5.60 Å². The summed E-state index contributed by atoms with van der Waals surface area (Å²) in [5, 5.41) is 6.52. The number of alkyl carbamates (subject to hydrolysis) is 1. The first-order chi connectivity index (χ1) is 8.26. The lowest BCUT2D eigenvalue weighted by Gasteiger charge is -2.32. The lowest BCUT2D eigenvalue weighted by Crippen LogP contribution is -2.46. The van der Waals surface area contributed by atoms with Gasteiger partial charge in [-0.25, -0.2) is 4.79 Å². The van der Waals surface area contributed by atoms with E-state index in [1.807, 2.05) is 20.8 Å². The molecule has 4 nitrogen and oxygen atoms in total. The molecule has 0 bridgehead atoms. The number of carbonyl (C=O) groups is 1. The summed E-state index contributed by atoms with van der Waals surface area (Å²) in [5.41, 5.74) is -0.422. The van der Waals surface area contributed by atoms with Gasteiger partial charge in [-0.3, -0.25) is 0 Å². The van der Waals surface area contributed by atoms with Gasteiger partial charge in [0.25, 0.3) is 0 Å². The molecule has 0 aromatic heterocycles. The van der Waals surface area contributed by atoms with Gasteiger partial charge in [-0.05, 0) is 46.5 Å². The predicted molar refractivity (Wildman–Crippen MR) is 73.7 cm³/mol. The van der Waals surface area contributed by atoms with Crippen LogP contribution in [0.1, 0.15) is 60.3 Å². The van der Waals surface area contributed by atoms with Crippen LogP contribution >= 0.6 is 0 Å². The van der Waals surface area contributed by atoms with Crippen LogP contribution in [-0.4, -0.2) is 29.8 Å². The summed E-state index contributed by atoms with van der Waals surface area (Å²) in [4.78, 5) is 11.7. The van der Waals surface area contributed by atoms with Crippen molar-refractivity contribution in [2.24, 2.45) is 0 Å². The Bertz CT molecular complexity index is 271. The number of hydrogen-bond acceptors (Lipinski definition) is 3. The molecule has 0 aliphatic heterocycles. The minimum Gasteiger partial charge on any atom is -0.444 e. The molecule has 0 aromatic rings. The maximum atomic E-state index is 11.7. The monoisotopic (exact) mass is 256 g/mol. The highest BCUT2D eigenvalue weighted by atomic mass is 16.6. The molecule has 0 spiro atoms. The largest absolute Gasteiger partial charge is 0.444 e. The zero-order valence-electron chi connectivity index (χ0n) is 12.4. The third kappa shape index (κ3) is 6.24. The van der Waals surface area contributed by atoms with Crippen molar-refractivity contribution in [3.63, 3.8) is 0 Å². The number of rotatable bonds is 3. The van der Waals surface area contributed by atoms with E-state index in [9.17, 15) is 4.79 Å². The lowest BCUT2D eigenvalue weighted by molar-refractivity contribution is 0.0488. The average Bonchev–Trinajstić information content (AvgIpc) is 2.13. The first-order valence-electron chi connectivity index (χ1n) is 7.02. The van der Waals surface area contributed by atoms with Gasteiger partial charge in [-0.1, -0.05) is 13.8 Å². The van der Waals surface area contributed by atoms with Crippen LogP contribution in [0.25, 0.3) is 0 Å². The molecule has 1 saturated carbocycles. The predicted octanol–water partition coefficient (Wildman–Crippen LogP) is 2.82. The van der Waals surface area contributed by atoms with Gasteiger partial charge in [-0.2, -0.15) is 0 Å². The molecule has 1 aliphatic rings. The Labute approximate surface area is 111 Å². The van der Waals surface area contributed by atoms with Gasteiger partial charge in [-0.15, -0.1) is 0 Å². The fourth-order valence-electron chi connectivity index (χ4n) is 2.42. The van der Waals surface area contributed by atoms with Crippen LogP contribution in [0.4, 0.5) is 4.79 Å². The van der Waals surface area contributed by atoms with Gasteiger partial charge in [0.05, 0.1) is 0 Å². The molecule has 0 aromatic carbocycles. The van der Waals surface area contributed by atoms with Crippen molar-refractivity contribution in [1.82, 2.24) is 10.6 Å². The van der Waals surface area contributed by atoms with Crippen LogP contribution in [0.5, 0.6) is 0 Å². The van der Waals surface area contributed by atoms with Crippen molar-refractivity contribution in [3.05, 3.63) is 0 Å². The van der Waals surface area contributed by atoms with E-state index in [0.29, 0.717) is 12.1 Å². The van der Waals surface area contributed by atoms with Crippen molar-refractivity contribution >= 4 is 6.09 Å². The molecular formula is C14H28N2O2. The molecule has 0 radical (unpaired) electrons. The summed E-state index contributed by atoms with van der Waals surface area (Å²) >= 11 is 0. The number of amides is 1. The van der Waals surface area contributed by atoms with Crippen LogP contribution in [0.15, 0.2) is 0 Å². The molecule has 2 atom stereocenters. The Morgan fingerprint density at radius 1 is 1.22 bits per heavy atom. The highest BCUT2D eigenvalue weighted by Crippen LogP contribution is 2.19. The van der Waals surface area contributed by atoms with Crippen LogP contribution in [0.2, 0.25) is 0 Å². The maximum Gasteiger partial charge on any atom is 0.407 e. The normalized spacial score (nSPS) is 25.0. The van der Waals surface area contributed by atoms with Gasteiger partial charge in [0.2, 0.25) is 0 Å². The van der Waals surface area contributed by atoms with E-state index >= 15 is 0 Å². The van der Waals surface area contributed by atoms with Crippen molar-refractivity contribution in [2.75, 3.05) is 0 Å². The summed E-state index contributed by atoms with van der Waals surface area (Å²) < 4.78 is 5.29. The second-order valence-corrected chi connectivity index (χ2v) is 6.53. The molecule has 1 aliphatic carbocycles. The van der Waals surface area contributed by atoms with Crippen molar-refractivity contribution in [3.8, 4) is 0 Å². The smallest absolute Gasteiger partial charge is 0.407 e. The van der Waals surface area contributed by atoms with Crippen molar-refractivity contribution < 1.29 is 9.53 Å². The zero-order chi connectivity index (χ0) is 13.8. The van der Waals surface area contributed by atoms with Crippen LogP contribution < -0.4 is 10.6 Å². The van der Waals surface area contributed by atoms with E-state index in [0.717, 1.165) is 19.3 Å². The minimum atomic E-state index is -0.422. The SMILES string of the molecule is CC(C)NC1CCCC(NC(=O)OC(C)(C)C)C1. The molecule has 0 heterocycles. The molecular weight excluding hydrogens is 228 g/mol. The minimum absolute atomic E-state index is 0.241. The summed E-state index contributed by atoms with van der Waals surface area (Å²) in [6, 6.07) is 1.25. The third-order valence-corrected chi connectivity index (χ3v) is 2.96. The zero-order valence-corrected chi connectivity index (χ0v) is 12.4. The van der Waals surface area contributed by atoms with Gasteiger partial charge in [0.1, 0.15) is 5.60 Å². The Kier molecular flexibility index (Phi) is 5.45. The molecule has 18 heavy (non-hydrogen) atoms. The molecule has 1 fully saturated rings. The van der Waals surface area contributed by atoms with E-state index in [1.165, 1.54) is 6.42 Å². The number of carbonyl (C=O) groups excluding carboxylic acids is 1. The van der Waals surface area contributed by atoms with E-state index in [4.69, 9.17) is 4.74 Å². The lowest BCUT2D eigenvalue weighted by atomic mass is 9.90. The van der Waals surface area contributed by atoms with E-state index in [-0.39, 0.29) is 12.1 Å². The summed E-state index contributed by atoms with van der Waals surface area (Å²) in [5.74, 6) is 0. The quantitative estimate of drug-likeness (QED) is 0.816. The standard InChI is InChI=1S/C14H28N2O2/c1-10(2)15-11-7-6-8-12(9-11)16-13(17)18-14(3,4)5/h10-12,15H,6-9H2,1-5H3,(H,16,17). The fourth-order valence-corrected chi connectivity index (χ4v) is 2.42. The van der Waals surface area contributed by atoms with Crippen molar-refractivity contribution in [2.45, 2.75) is 84.0 Å². The highest BCUT2D eigenvalue weighted by Gasteiger charge is 2.25. The first-order valence-corrected chi connectivity index (χ1v) is 7.02. The van der Waals surface area contributed by atoms with Crippen LogP contribution in [-0.2, 0) is 4.74 Å². The first kappa shape index (κ1) is 15.3.